The fraction of sp³-hybridized carbons (Fsp3) is 0.400. The van der Waals surface area contributed by atoms with Gasteiger partial charge in [-0.2, -0.15) is 5.26 Å². The van der Waals surface area contributed by atoms with Crippen molar-refractivity contribution in [3.05, 3.63) is 29.5 Å². The Kier molecular flexibility index (Phi) is 6.92. The Hall–Kier alpha value is -2.39. The van der Waals surface area contributed by atoms with E-state index in [1.54, 1.807) is 12.1 Å². The molecule has 0 atom stereocenters. The first-order chi connectivity index (χ1) is 10.0. The van der Waals surface area contributed by atoms with Crippen LogP contribution in [0.1, 0.15) is 25.8 Å². The van der Waals surface area contributed by atoms with Gasteiger partial charge in [-0.3, -0.25) is 4.79 Å². The lowest BCUT2D eigenvalue weighted by Gasteiger charge is -2.07. The van der Waals surface area contributed by atoms with Gasteiger partial charge in [0.25, 0.3) is 5.91 Å². The molecule has 21 heavy (non-hydrogen) atoms. The summed E-state index contributed by atoms with van der Waals surface area (Å²) in [6.07, 6.45) is 3.86. The summed E-state index contributed by atoms with van der Waals surface area (Å²) >= 11 is 0. The number of amides is 1. The Balaban J connectivity index is 2.50. The van der Waals surface area contributed by atoms with Crippen molar-refractivity contribution in [2.75, 3.05) is 18.9 Å². The van der Waals surface area contributed by atoms with E-state index in [4.69, 9.17) is 15.7 Å². The second-order valence-corrected chi connectivity index (χ2v) is 4.72. The quantitative estimate of drug-likeness (QED) is 0.450. The molecule has 6 heteroatoms. The van der Waals surface area contributed by atoms with Crippen LogP contribution in [0, 0.1) is 11.3 Å². The molecule has 0 saturated carbocycles. The van der Waals surface area contributed by atoms with Crippen LogP contribution in [0.4, 0.5) is 5.82 Å². The third-order valence-corrected chi connectivity index (χ3v) is 2.54. The van der Waals surface area contributed by atoms with E-state index >= 15 is 0 Å². The lowest BCUT2D eigenvalue weighted by atomic mass is 10.1. The van der Waals surface area contributed by atoms with Crippen molar-refractivity contribution in [1.29, 1.82) is 5.26 Å². The van der Waals surface area contributed by atoms with Gasteiger partial charge in [-0.15, -0.1) is 0 Å². The topological polar surface area (TPSA) is 101 Å². The molecule has 6 nitrogen and oxygen atoms in total. The molecule has 0 aliphatic carbocycles. The number of nitriles is 1. The maximum absolute atomic E-state index is 11.9. The highest BCUT2D eigenvalue weighted by Gasteiger charge is 2.08. The lowest BCUT2D eigenvalue weighted by molar-refractivity contribution is -0.117. The normalized spacial score (nSPS) is 11.2. The monoisotopic (exact) mass is 288 g/mol. The first-order valence-corrected chi connectivity index (χ1v) is 6.76. The van der Waals surface area contributed by atoms with Crippen molar-refractivity contribution in [3.63, 3.8) is 0 Å². The van der Waals surface area contributed by atoms with Gasteiger partial charge in [0.2, 0.25) is 0 Å². The SMILES string of the molecule is CC(C)OCCCNC(=O)/C(C#N)=C\c1ccc(N)nc1. The number of nitrogens with zero attached hydrogens (tertiary/aromatic N) is 2. The molecule has 0 unspecified atom stereocenters. The maximum Gasteiger partial charge on any atom is 0.261 e. The molecule has 1 rings (SSSR count). The number of carbonyl (C=O) groups excluding carboxylic acids is 1. The Labute approximate surface area is 124 Å². The first kappa shape index (κ1) is 16.7. The molecule has 0 spiro atoms. The van der Waals surface area contributed by atoms with Crippen LogP contribution in [0.5, 0.6) is 0 Å². The van der Waals surface area contributed by atoms with Crippen LogP contribution in [0.25, 0.3) is 6.08 Å². The molecule has 1 amide bonds. The highest BCUT2D eigenvalue weighted by atomic mass is 16.5. The van der Waals surface area contributed by atoms with Crippen molar-refractivity contribution in [1.82, 2.24) is 10.3 Å². The van der Waals surface area contributed by atoms with Crippen LogP contribution < -0.4 is 11.1 Å². The summed E-state index contributed by atoms with van der Waals surface area (Å²) in [4.78, 5) is 15.8. The van der Waals surface area contributed by atoms with E-state index in [0.29, 0.717) is 31.0 Å². The van der Waals surface area contributed by atoms with Crippen molar-refractivity contribution >= 4 is 17.8 Å². The fourth-order valence-electron chi connectivity index (χ4n) is 1.51. The predicted octanol–water partition coefficient (Wildman–Crippen LogP) is 1.50. The molecule has 112 valence electrons. The number of aromatic nitrogens is 1. The highest BCUT2D eigenvalue weighted by molar-refractivity contribution is 6.01. The lowest BCUT2D eigenvalue weighted by Crippen LogP contribution is -2.26. The number of hydrogen-bond donors (Lipinski definition) is 2. The number of nitrogen functional groups attached to an aromatic ring is 1. The van der Waals surface area contributed by atoms with Gasteiger partial charge in [0.15, 0.2) is 0 Å². The molecule has 1 aromatic rings. The zero-order chi connectivity index (χ0) is 15.7. The highest BCUT2D eigenvalue weighted by Crippen LogP contribution is 2.07. The molecule has 0 aromatic carbocycles. The van der Waals surface area contributed by atoms with Gasteiger partial charge in [0.05, 0.1) is 6.10 Å². The minimum Gasteiger partial charge on any atom is -0.384 e. The second kappa shape index (κ2) is 8.72. The van der Waals surface area contributed by atoms with Gasteiger partial charge in [-0.05, 0) is 44.0 Å². The van der Waals surface area contributed by atoms with E-state index in [1.165, 1.54) is 12.3 Å². The summed E-state index contributed by atoms with van der Waals surface area (Å²) in [5.74, 6) is -0.0147. The van der Waals surface area contributed by atoms with E-state index in [0.717, 1.165) is 0 Å². The van der Waals surface area contributed by atoms with Gasteiger partial charge in [0, 0.05) is 19.3 Å². The number of anilines is 1. The third kappa shape index (κ3) is 6.54. The third-order valence-electron chi connectivity index (χ3n) is 2.54. The van der Waals surface area contributed by atoms with Crippen LogP contribution in [-0.4, -0.2) is 30.1 Å². The number of nitrogens with two attached hydrogens (primary N) is 1. The smallest absolute Gasteiger partial charge is 0.261 e. The van der Waals surface area contributed by atoms with E-state index < -0.39 is 5.91 Å². The van der Waals surface area contributed by atoms with Gasteiger partial charge < -0.3 is 15.8 Å². The molecular weight excluding hydrogens is 268 g/mol. The molecule has 1 aromatic heterocycles. The number of nitrogens with one attached hydrogen (secondary N) is 1. The van der Waals surface area contributed by atoms with Crippen LogP contribution in [-0.2, 0) is 9.53 Å². The molecule has 0 radical (unpaired) electrons. The van der Waals surface area contributed by atoms with Gasteiger partial charge in [-0.25, -0.2) is 4.98 Å². The summed E-state index contributed by atoms with van der Waals surface area (Å²) in [7, 11) is 0. The molecule has 3 N–H and O–H groups in total. The standard InChI is InChI=1S/C15H20N4O2/c1-11(2)21-7-3-6-18-15(20)13(9-16)8-12-4-5-14(17)19-10-12/h4-5,8,10-11H,3,6-7H2,1-2H3,(H2,17,19)(H,18,20)/b13-8-. The summed E-state index contributed by atoms with van der Waals surface area (Å²) in [5, 5.41) is 11.7. The van der Waals surface area contributed by atoms with Crippen molar-refractivity contribution in [3.8, 4) is 6.07 Å². The molecule has 0 saturated heterocycles. The zero-order valence-electron chi connectivity index (χ0n) is 12.3. The van der Waals surface area contributed by atoms with E-state index in [2.05, 4.69) is 10.3 Å². The minimum absolute atomic E-state index is 0.0337. The van der Waals surface area contributed by atoms with E-state index in [-0.39, 0.29) is 11.7 Å². The second-order valence-electron chi connectivity index (χ2n) is 4.72. The van der Waals surface area contributed by atoms with Crippen LogP contribution in [0.15, 0.2) is 23.9 Å². The number of pyridine rings is 1. The van der Waals surface area contributed by atoms with Crippen molar-refractivity contribution in [2.24, 2.45) is 0 Å². The number of ether oxygens (including phenoxy) is 1. The van der Waals surface area contributed by atoms with Gasteiger partial charge >= 0.3 is 0 Å². The molecule has 1 heterocycles. The number of carbonyl (C=O) groups is 1. The van der Waals surface area contributed by atoms with Crippen LogP contribution in [0.2, 0.25) is 0 Å². The molecular formula is C15H20N4O2. The summed E-state index contributed by atoms with van der Waals surface area (Å²) in [6, 6.07) is 5.19. The fourth-order valence-corrected chi connectivity index (χ4v) is 1.51. The molecule has 0 aliphatic heterocycles. The number of rotatable bonds is 7. The van der Waals surface area contributed by atoms with Crippen LogP contribution in [0.3, 0.4) is 0 Å². The Morgan fingerprint density at radius 2 is 2.33 bits per heavy atom. The first-order valence-electron chi connectivity index (χ1n) is 6.76. The average Bonchev–Trinajstić information content (AvgIpc) is 2.45. The number of hydrogen-bond acceptors (Lipinski definition) is 5. The Morgan fingerprint density at radius 1 is 1.57 bits per heavy atom. The maximum atomic E-state index is 11.9. The zero-order valence-corrected chi connectivity index (χ0v) is 12.3. The predicted molar refractivity (Wildman–Crippen MR) is 81.0 cm³/mol. The van der Waals surface area contributed by atoms with Gasteiger partial charge in [0.1, 0.15) is 17.5 Å². The molecule has 0 bridgehead atoms. The van der Waals surface area contributed by atoms with Gasteiger partial charge in [-0.1, -0.05) is 0 Å². The largest absolute Gasteiger partial charge is 0.384 e. The average molecular weight is 288 g/mol. The van der Waals surface area contributed by atoms with Crippen molar-refractivity contribution in [2.45, 2.75) is 26.4 Å². The van der Waals surface area contributed by atoms with E-state index in [1.807, 2.05) is 19.9 Å². The minimum atomic E-state index is -0.404. The molecule has 0 fully saturated rings. The Bertz CT molecular complexity index is 530. The summed E-state index contributed by atoms with van der Waals surface area (Å²) < 4.78 is 5.37. The summed E-state index contributed by atoms with van der Waals surface area (Å²) in [5.41, 5.74) is 6.16. The van der Waals surface area contributed by atoms with Crippen molar-refractivity contribution < 1.29 is 9.53 Å². The molecule has 0 aliphatic rings. The summed E-state index contributed by atoms with van der Waals surface area (Å²) in [6.45, 7) is 4.95. The van der Waals surface area contributed by atoms with E-state index in [9.17, 15) is 4.79 Å². The Morgan fingerprint density at radius 3 is 2.90 bits per heavy atom. The van der Waals surface area contributed by atoms with Crippen LogP contribution >= 0.6 is 0 Å².